The van der Waals surface area contributed by atoms with Crippen molar-refractivity contribution in [2.24, 2.45) is 0 Å². The van der Waals surface area contributed by atoms with Crippen molar-refractivity contribution in [3.05, 3.63) is 47.1 Å². The Morgan fingerprint density at radius 1 is 1.00 bits per heavy atom. The van der Waals surface area contributed by atoms with E-state index >= 15 is 0 Å². The molecule has 2 rings (SSSR count). The Balaban J connectivity index is 1.87. The smallest absolute Gasteiger partial charge is 0.328 e. The first-order valence-corrected chi connectivity index (χ1v) is 6.77. The van der Waals surface area contributed by atoms with Crippen LogP contribution in [0, 0.1) is 0 Å². The van der Waals surface area contributed by atoms with E-state index in [9.17, 15) is 4.79 Å². The van der Waals surface area contributed by atoms with E-state index in [4.69, 9.17) is 9.47 Å². The lowest BCUT2D eigenvalue weighted by Gasteiger charge is -2.07. The summed E-state index contributed by atoms with van der Waals surface area (Å²) in [7, 11) is 1.63. The maximum atomic E-state index is 11.9. The molecule has 0 amide bonds. The van der Waals surface area contributed by atoms with E-state index in [0.29, 0.717) is 13.2 Å². The number of hydrogen-bond acceptors (Lipinski definition) is 3. The Labute approximate surface area is 118 Å². The van der Waals surface area contributed by atoms with E-state index in [-0.39, 0.29) is 5.69 Å². The Hall–Kier alpha value is -2.17. The Kier molecular flexibility index (Phi) is 4.87. The minimum atomic E-state index is 0.0187. The summed E-state index contributed by atoms with van der Waals surface area (Å²) in [5.41, 5.74) is 0.0187. The van der Waals surface area contributed by atoms with Gasteiger partial charge in [0.25, 0.3) is 0 Å². The van der Waals surface area contributed by atoms with Gasteiger partial charge in [-0.15, -0.1) is 0 Å². The first kappa shape index (κ1) is 14.2. The molecule has 0 aliphatic heterocycles. The van der Waals surface area contributed by atoms with Gasteiger partial charge >= 0.3 is 5.69 Å². The minimum Gasteiger partial charge on any atom is -0.497 e. The molecular formula is C15H20N2O3. The highest BCUT2D eigenvalue weighted by atomic mass is 16.5. The zero-order chi connectivity index (χ0) is 14.4. The van der Waals surface area contributed by atoms with E-state index in [2.05, 4.69) is 6.92 Å². The fourth-order valence-corrected chi connectivity index (χ4v) is 1.97. The summed E-state index contributed by atoms with van der Waals surface area (Å²) in [5, 5.41) is 0. The van der Waals surface area contributed by atoms with Crippen LogP contribution in [0.4, 0.5) is 0 Å². The summed E-state index contributed by atoms with van der Waals surface area (Å²) >= 11 is 0. The lowest BCUT2D eigenvalue weighted by atomic mass is 10.3. The topological polar surface area (TPSA) is 45.4 Å². The van der Waals surface area contributed by atoms with Crippen molar-refractivity contribution in [2.75, 3.05) is 13.7 Å². The lowest BCUT2D eigenvalue weighted by molar-refractivity contribution is 0.295. The summed E-state index contributed by atoms with van der Waals surface area (Å²) in [6, 6.07) is 7.40. The van der Waals surface area contributed by atoms with Crippen LogP contribution < -0.4 is 15.2 Å². The molecule has 1 aromatic carbocycles. The molecule has 108 valence electrons. The minimum absolute atomic E-state index is 0.0187. The van der Waals surface area contributed by atoms with Crippen LogP contribution in [0.3, 0.4) is 0 Å². The van der Waals surface area contributed by atoms with Crippen LogP contribution in [-0.4, -0.2) is 22.9 Å². The van der Waals surface area contributed by atoms with E-state index in [1.54, 1.807) is 22.4 Å². The molecular weight excluding hydrogens is 256 g/mol. The highest BCUT2D eigenvalue weighted by Crippen LogP contribution is 2.16. The monoisotopic (exact) mass is 276 g/mol. The molecule has 0 unspecified atom stereocenters. The van der Waals surface area contributed by atoms with Crippen molar-refractivity contribution < 1.29 is 9.47 Å². The van der Waals surface area contributed by atoms with Gasteiger partial charge in [0, 0.05) is 18.9 Å². The van der Waals surface area contributed by atoms with E-state index in [1.165, 1.54) is 0 Å². The van der Waals surface area contributed by atoms with Crippen LogP contribution in [0.5, 0.6) is 11.5 Å². The number of rotatable bonds is 7. The van der Waals surface area contributed by atoms with Gasteiger partial charge in [-0.25, -0.2) is 4.79 Å². The highest BCUT2D eigenvalue weighted by Gasteiger charge is 2.02. The number of methoxy groups -OCH3 is 1. The SMILES string of the molecule is CCCn1ccn(CCOc2ccc(OC)cc2)c1=O. The van der Waals surface area contributed by atoms with Crippen molar-refractivity contribution >= 4 is 0 Å². The molecule has 0 aliphatic carbocycles. The van der Waals surface area contributed by atoms with Gasteiger partial charge in [-0.3, -0.25) is 9.13 Å². The Morgan fingerprint density at radius 2 is 1.60 bits per heavy atom. The van der Waals surface area contributed by atoms with Crippen LogP contribution in [0.25, 0.3) is 0 Å². The number of nitrogens with zero attached hydrogens (tertiary/aromatic N) is 2. The summed E-state index contributed by atoms with van der Waals surface area (Å²) in [6.45, 7) is 3.81. The number of hydrogen-bond donors (Lipinski definition) is 0. The molecule has 1 heterocycles. The van der Waals surface area contributed by atoms with Crippen molar-refractivity contribution in [3.8, 4) is 11.5 Å². The van der Waals surface area contributed by atoms with Crippen LogP contribution in [0.1, 0.15) is 13.3 Å². The number of aromatic nitrogens is 2. The lowest BCUT2D eigenvalue weighted by Crippen LogP contribution is -2.25. The molecule has 0 atom stereocenters. The molecule has 0 aliphatic rings. The molecule has 0 fully saturated rings. The molecule has 5 heteroatoms. The number of ether oxygens (including phenoxy) is 2. The van der Waals surface area contributed by atoms with E-state index in [1.807, 2.05) is 30.5 Å². The third-order valence-corrected chi connectivity index (χ3v) is 3.04. The normalized spacial score (nSPS) is 10.5. The van der Waals surface area contributed by atoms with E-state index in [0.717, 1.165) is 24.5 Å². The van der Waals surface area contributed by atoms with Crippen LogP contribution in [0.2, 0.25) is 0 Å². The summed E-state index contributed by atoms with van der Waals surface area (Å²) < 4.78 is 14.1. The summed E-state index contributed by atoms with van der Waals surface area (Å²) in [5.74, 6) is 1.57. The molecule has 0 spiro atoms. The fourth-order valence-electron chi connectivity index (χ4n) is 1.97. The Bertz CT molecular complexity index is 584. The summed E-state index contributed by atoms with van der Waals surface area (Å²) in [6.07, 6.45) is 4.57. The summed E-state index contributed by atoms with van der Waals surface area (Å²) in [4.78, 5) is 11.9. The van der Waals surface area contributed by atoms with Crippen LogP contribution in [0.15, 0.2) is 41.5 Å². The maximum absolute atomic E-state index is 11.9. The van der Waals surface area contributed by atoms with Crippen LogP contribution in [-0.2, 0) is 13.1 Å². The predicted molar refractivity (Wildman–Crippen MR) is 77.5 cm³/mol. The van der Waals surface area contributed by atoms with Crippen LogP contribution >= 0.6 is 0 Å². The number of benzene rings is 1. The maximum Gasteiger partial charge on any atom is 0.328 e. The third-order valence-electron chi connectivity index (χ3n) is 3.04. The molecule has 0 bridgehead atoms. The largest absolute Gasteiger partial charge is 0.497 e. The number of aryl methyl sites for hydroxylation is 1. The van der Waals surface area contributed by atoms with E-state index < -0.39 is 0 Å². The molecule has 0 saturated carbocycles. The molecule has 0 N–H and O–H groups in total. The van der Waals surface area contributed by atoms with Gasteiger partial charge < -0.3 is 9.47 Å². The van der Waals surface area contributed by atoms with Gasteiger partial charge in [0.15, 0.2) is 0 Å². The fraction of sp³-hybridized carbons (Fsp3) is 0.400. The van der Waals surface area contributed by atoms with Crippen molar-refractivity contribution in [2.45, 2.75) is 26.4 Å². The standard InChI is InChI=1S/C15H20N2O3/c1-3-8-16-9-10-17(15(16)18)11-12-20-14-6-4-13(19-2)5-7-14/h4-7,9-10H,3,8,11-12H2,1-2H3. The second kappa shape index (κ2) is 6.84. The average molecular weight is 276 g/mol. The molecule has 20 heavy (non-hydrogen) atoms. The quantitative estimate of drug-likeness (QED) is 0.778. The Morgan fingerprint density at radius 3 is 2.20 bits per heavy atom. The molecule has 0 saturated heterocycles. The molecule has 5 nitrogen and oxygen atoms in total. The highest BCUT2D eigenvalue weighted by molar-refractivity contribution is 5.31. The average Bonchev–Trinajstić information content (AvgIpc) is 2.82. The van der Waals surface area contributed by atoms with Gasteiger partial charge in [-0.2, -0.15) is 0 Å². The number of imidazole rings is 1. The first-order chi connectivity index (χ1) is 9.74. The second-order valence-corrected chi connectivity index (χ2v) is 4.49. The van der Waals surface area contributed by atoms with Gasteiger partial charge in [0.05, 0.1) is 13.7 Å². The van der Waals surface area contributed by atoms with Crippen molar-refractivity contribution in [1.29, 1.82) is 0 Å². The first-order valence-electron chi connectivity index (χ1n) is 6.77. The second-order valence-electron chi connectivity index (χ2n) is 4.49. The molecule has 0 radical (unpaired) electrons. The third kappa shape index (κ3) is 3.44. The zero-order valence-corrected chi connectivity index (χ0v) is 11.9. The predicted octanol–water partition coefficient (Wildman–Crippen LogP) is 2.15. The molecule has 2 aromatic rings. The van der Waals surface area contributed by atoms with Gasteiger partial charge in [-0.05, 0) is 30.7 Å². The molecule has 1 aromatic heterocycles. The van der Waals surface area contributed by atoms with Gasteiger partial charge in [0.1, 0.15) is 18.1 Å². The van der Waals surface area contributed by atoms with Gasteiger partial charge in [0.2, 0.25) is 0 Å². The van der Waals surface area contributed by atoms with Gasteiger partial charge in [-0.1, -0.05) is 6.92 Å². The van der Waals surface area contributed by atoms with Crippen molar-refractivity contribution in [1.82, 2.24) is 9.13 Å². The van der Waals surface area contributed by atoms with Crippen molar-refractivity contribution in [3.63, 3.8) is 0 Å². The zero-order valence-electron chi connectivity index (χ0n) is 11.9.